The first kappa shape index (κ1) is 26.6. The van der Waals surface area contributed by atoms with Crippen LogP contribution in [0.4, 0.5) is 0 Å². The van der Waals surface area contributed by atoms with E-state index in [4.69, 9.17) is 0 Å². The number of carbonyl (C=O) groups is 1. The van der Waals surface area contributed by atoms with Crippen LogP contribution in [0.25, 0.3) is 11.1 Å². The van der Waals surface area contributed by atoms with Gasteiger partial charge in [-0.15, -0.1) is 0 Å². The van der Waals surface area contributed by atoms with E-state index in [0.29, 0.717) is 24.4 Å². The van der Waals surface area contributed by atoms with E-state index in [1.165, 1.54) is 5.56 Å². The van der Waals surface area contributed by atoms with Gasteiger partial charge in [-0.05, 0) is 59.2 Å². The van der Waals surface area contributed by atoms with Crippen LogP contribution in [0.3, 0.4) is 0 Å². The molecule has 0 spiro atoms. The summed E-state index contributed by atoms with van der Waals surface area (Å²) in [6.07, 6.45) is 1.95. The topological polar surface area (TPSA) is 95.5 Å². The molecule has 3 N–H and O–H groups in total. The number of hydrogen-bond donors (Lipinski definition) is 3. The van der Waals surface area contributed by atoms with Crippen molar-refractivity contribution in [2.24, 2.45) is 5.92 Å². The SMILES string of the molecule is CC(C)Cc1cc(-c2ccc(CCNC[C@@H](O)c3ccccc3)cc2)ccc1C(=O)NS(C)(=O)=O. The average molecular weight is 495 g/mol. The van der Waals surface area contributed by atoms with Gasteiger partial charge in [-0.3, -0.25) is 4.79 Å². The number of amides is 1. The van der Waals surface area contributed by atoms with Crippen LogP contribution >= 0.6 is 0 Å². The van der Waals surface area contributed by atoms with Crippen LogP contribution in [-0.4, -0.2) is 38.8 Å². The summed E-state index contributed by atoms with van der Waals surface area (Å²) in [5.74, 6) is -0.291. The predicted octanol–water partition coefficient (Wildman–Crippen LogP) is 4.11. The van der Waals surface area contributed by atoms with E-state index in [9.17, 15) is 18.3 Å². The van der Waals surface area contributed by atoms with Crippen molar-refractivity contribution >= 4 is 15.9 Å². The predicted molar refractivity (Wildman–Crippen MR) is 141 cm³/mol. The Bertz CT molecular complexity index is 1220. The highest BCUT2D eigenvalue weighted by molar-refractivity contribution is 7.89. The first-order valence-corrected chi connectivity index (χ1v) is 13.7. The highest BCUT2D eigenvalue weighted by Crippen LogP contribution is 2.25. The van der Waals surface area contributed by atoms with Crippen molar-refractivity contribution in [2.75, 3.05) is 19.3 Å². The van der Waals surface area contributed by atoms with Crippen LogP contribution in [0.2, 0.25) is 0 Å². The molecule has 0 saturated heterocycles. The molecule has 0 heterocycles. The quantitative estimate of drug-likeness (QED) is 0.349. The molecule has 1 amide bonds. The fourth-order valence-corrected chi connectivity index (χ4v) is 4.40. The summed E-state index contributed by atoms with van der Waals surface area (Å²) in [4.78, 5) is 12.5. The fraction of sp³-hybridized carbons (Fsp3) is 0.321. The second-order valence-electron chi connectivity index (χ2n) is 9.25. The largest absolute Gasteiger partial charge is 0.387 e. The normalized spacial score (nSPS) is 12.5. The third kappa shape index (κ3) is 8.31. The molecular formula is C28H34N2O4S. The number of aliphatic hydroxyl groups is 1. The maximum Gasteiger partial charge on any atom is 0.264 e. The van der Waals surface area contributed by atoms with E-state index in [-0.39, 0.29) is 0 Å². The van der Waals surface area contributed by atoms with Gasteiger partial charge in [0.1, 0.15) is 0 Å². The highest BCUT2D eigenvalue weighted by Gasteiger charge is 2.17. The monoisotopic (exact) mass is 494 g/mol. The van der Waals surface area contributed by atoms with Gasteiger partial charge in [0.2, 0.25) is 10.0 Å². The second kappa shape index (κ2) is 12.1. The molecule has 186 valence electrons. The minimum atomic E-state index is -3.63. The van der Waals surface area contributed by atoms with Gasteiger partial charge in [0.25, 0.3) is 5.91 Å². The van der Waals surface area contributed by atoms with Crippen LogP contribution in [0.5, 0.6) is 0 Å². The van der Waals surface area contributed by atoms with Gasteiger partial charge in [-0.25, -0.2) is 13.1 Å². The van der Waals surface area contributed by atoms with Crippen LogP contribution in [0, 0.1) is 5.92 Å². The number of rotatable bonds is 11. The van der Waals surface area contributed by atoms with Crippen molar-refractivity contribution < 1.29 is 18.3 Å². The summed E-state index contributed by atoms with van der Waals surface area (Å²) in [5.41, 5.74) is 5.30. The molecule has 0 aliphatic rings. The molecule has 3 rings (SSSR count). The number of sulfonamides is 1. The molecule has 0 radical (unpaired) electrons. The van der Waals surface area contributed by atoms with E-state index < -0.39 is 22.0 Å². The number of aliphatic hydroxyl groups excluding tert-OH is 1. The van der Waals surface area contributed by atoms with Gasteiger partial charge >= 0.3 is 0 Å². The lowest BCUT2D eigenvalue weighted by Crippen LogP contribution is -2.30. The lowest BCUT2D eigenvalue weighted by Gasteiger charge is -2.14. The van der Waals surface area contributed by atoms with Crippen molar-refractivity contribution in [2.45, 2.75) is 32.8 Å². The Morgan fingerprint density at radius 2 is 1.60 bits per heavy atom. The first-order valence-electron chi connectivity index (χ1n) is 11.8. The maximum absolute atomic E-state index is 12.5. The fourth-order valence-electron chi connectivity index (χ4n) is 3.96. The van der Waals surface area contributed by atoms with Gasteiger partial charge in [-0.1, -0.05) is 80.6 Å². The molecule has 6 nitrogen and oxygen atoms in total. The molecule has 7 heteroatoms. The number of carbonyl (C=O) groups excluding carboxylic acids is 1. The Morgan fingerprint density at radius 1 is 0.943 bits per heavy atom. The number of benzene rings is 3. The summed E-state index contributed by atoms with van der Waals surface area (Å²) in [6.45, 7) is 5.38. The molecule has 0 aliphatic carbocycles. The second-order valence-corrected chi connectivity index (χ2v) is 11.0. The minimum absolute atomic E-state index is 0.310. The Hall–Kier alpha value is -3.00. The Labute approximate surface area is 208 Å². The molecule has 0 bridgehead atoms. The lowest BCUT2D eigenvalue weighted by atomic mass is 9.93. The molecule has 3 aromatic carbocycles. The number of hydrogen-bond acceptors (Lipinski definition) is 5. The van der Waals surface area contributed by atoms with E-state index in [2.05, 4.69) is 48.2 Å². The van der Waals surface area contributed by atoms with Crippen LogP contribution in [0.1, 0.15) is 47.0 Å². The first-order chi connectivity index (χ1) is 16.6. The van der Waals surface area contributed by atoms with Crippen molar-refractivity contribution in [1.82, 2.24) is 10.0 Å². The Kier molecular flexibility index (Phi) is 9.20. The third-order valence-corrected chi connectivity index (χ3v) is 6.21. The summed E-state index contributed by atoms with van der Waals surface area (Å²) in [7, 11) is -3.63. The minimum Gasteiger partial charge on any atom is -0.387 e. The maximum atomic E-state index is 12.5. The van der Waals surface area contributed by atoms with E-state index in [0.717, 1.165) is 41.5 Å². The van der Waals surface area contributed by atoms with Gasteiger partial charge in [0, 0.05) is 12.1 Å². The zero-order valence-electron chi connectivity index (χ0n) is 20.5. The zero-order valence-corrected chi connectivity index (χ0v) is 21.3. The molecule has 0 unspecified atom stereocenters. The molecule has 1 atom stereocenters. The summed E-state index contributed by atoms with van der Waals surface area (Å²) < 4.78 is 25.1. The van der Waals surface area contributed by atoms with Gasteiger partial charge in [0.05, 0.1) is 12.4 Å². The molecule has 0 aliphatic heterocycles. The molecule has 0 fully saturated rings. The average Bonchev–Trinajstić information content (AvgIpc) is 2.81. The van der Waals surface area contributed by atoms with Gasteiger partial charge < -0.3 is 10.4 Å². The number of nitrogens with one attached hydrogen (secondary N) is 2. The molecule has 3 aromatic rings. The summed E-state index contributed by atoms with van der Waals surface area (Å²) in [6, 6.07) is 23.4. The van der Waals surface area contributed by atoms with Crippen molar-refractivity contribution in [1.29, 1.82) is 0 Å². The van der Waals surface area contributed by atoms with Crippen molar-refractivity contribution in [3.8, 4) is 11.1 Å². The van der Waals surface area contributed by atoms with Gasteiger partial charge in [-0.2, -0.15) is 0 Å². The molecule has 0 saturated carbocycles. The van der Waals surface area contributed by atoms with Crippen LogP contribution in [0.15, 0.2) is 72.8 Å². The van der Waals surface area contributed by atoms with E-state index in [1.54, 1.807) is 6.07 Å². The standard InChI is InChI=1S/C28H34N2O4S/c1-20(2)17-25-18-24(13-14-26(25)28(32)30-35(3,33)34)22-11-9-21(10-12-22)15-16-29-19-27(31)23-7-5-4-6-8-23/h4-14,18,20,27,29,31H,15-17,19H2,1-3H3,(H,30,32)/t27-/m1/s1. The van der Waals surface area contributed by atoms with Crippen LogP contribution < -0.4 is 10.0 Å². The van der Waals surface area contributed by atoms with Crippen molar-refractivity contribution in [3.63, 3.8) is 0 Å². The van der Waals surface area contributed by atoms with E-state index in [1.807, 2.05) is 42.5 Å². The highest BCUT2D eigenvalue weighted by atomic mass is 32.2. The summed E-state index contributed by atoms with van der Waals surface area (Å²) >= 11 is 0. The van der Waals surface area contributed by atoms with Crippen molar-refractivity contribution in [3.05, 3.63) is 95.1 Å². The van der Waals surface area contributed by atoms with E-state index >= 15 is 0 Å². The third-order valence-electron chi connectivity index (χ3n) is 5.66. The Balaban J connectivity index is 1.64. The smallest absolute Gasteiger partial charge is 0.264 e. The molecular weight excluding hydrogens is 460 g/mol. The molecule has 0 aromatic heterocycles. The lowest BCUT2D eigenvalue weighted by molar-refractivity contribution is 0.0980. The Morgan fingerprint density at radius 3 is 2.23 bits per heavy atom. The van der Waals surface area contributed by atoms with Gasteiger partial charge in [0.15, 0.2) is 0 Å². The summed E-state index contributed by atoms with van der Waals surface area (Å²) in [5, 5.41) is 13.6. The van der Waals surface area contributed by atoms with Crippen LogP contribution in [-0.2, 0) is 22.9 Å². The molecule has 35 heavy (non-hydrogen) atoms. The zero-order chi connectivity index (χ0) is 25.4.